The van der Waals surface area contributed by atoms with Gasteiger partial charge in [-0.2, -0.15) is 5.10 Å². The smallest absolute Gasteiger partial charge is 0.0645 e. The van der Waals surface area contributed by atoms with Crippen molar-refractivity contribution in [2.75, 3.05) is 32.8 Å². The van der Waals surface area contributed by atoms with E-state index >= 15 is 0 Å². The molecule has 1 aromatic carbocycles. The largest absolute Gasteiger partial charge is 0.396 e. The van der Waals surface area contributed by atoms with Crippen LogP contribution in [0, 0.1) is 12.3 Å². The summed E-state index contributed by atoms with van der Waals surface area (Å²) in [6, 6.07) is 8.87. The Morgan fingerprint density at radius 3 is 2.56 bits per heavy atom. The van der Waals surface area contributed by atoms with E-state index in [0.717, 1.165) is 44.8 Å². The fourth-order valence-corrected chi connectivity index (χ4v) is 3.88. The summed E-state index contributed by atoms with van der Waals surface area (Å²) in [5.41, 5.74) is 3.88. The molecule has 0 amide bonds. The third-order valence-corrected chi connectivity index (χ3v) is 5.17. The van der Waals surface area contributed by atoms with Crippen LogP contribution in [-0.2, 0) is 6.54 Å². The quantitative estimate of drug-likeness (QED) is 0.849. The minimum atomic E-state index is 0.254. The summed E-state index contributed by atoms with van der Waals surface area (Å²) in [7, 11) is 0. The van der Waals surface area contributed by atoms with Crippen LogP contribution in [0.5, 0.6) is 0 Å². The van der Waals surface area contributed by atoms with Crippen molar-refractivity contribution in [3.05, 3.63) is 47.8 Å². The van der Waals surface area contributed by atoms with Crippen LogP contribution in [0.15, 0.2) is 36.7 Å². The minimum Gasteiger partial charge on any atom is -0.396 e. The zero-order valence-electron chi connectivity index (χ0n) is 17.2. The first kappa shape index (κ1) is 20.1. The standard InChI is InChI=1S/C22H34N4O/c1-18-5-7-20(8-6-18)26-15-19(13-23-26)14-24-10-11-25(17-22(2,3)4)21(16-24)9-12-27/h5-8,13,15,21,27H,9-12,14,16-17H2,1-4H3/t21-/m0/s1. The molecule has 3 rings (SSSR count). The van der Waals surface area contributed by atoms with Gasteiger partial charge in [0.05, 0.1) is 11.9 Å². The number of benzene rings is 1. The molecule has 1 saturated heterocycles. The van der Waals surface area contributed by atoms with E-state index in [1.807, 2.05) is 10.9 Å². The van der Waals surface area contributed by atoms with Gasteiger partial charge >= 0.3 is 0 Å². The summed E-state index contributed by atoms with van der Waals surface area (Å²) >= 11 is 0. The van der Waals surface area contributed by atoms with E-state index in [1.54, 1.807) is 0 Å². The van der Waals surface area contributed by atoms with Crippen molar-refractivity contribution < 1.29 is 5.11 Å². The Balaban J connectivity index is 1.62. The van der Waals surface area contributed by atoms with E-state index in [4.69, 9.17) is 0 Å². The molecule has 1 aromatic heterocycles. The number of hydrogen-bond donors (Lipinski definition) is 1. The third-order valence-electron chi connectivity index (χ3n) is 5.17. The average molecular weight is 371 g/mol. The van der Waals surface area contributed by atoms with Gasteiger partial charge in [0.1, 0.15) is 0 Å². The Morgan fingerprint density at radius 1 is 1.15 bits per heavy atom. The molecule has 0 saturated carbocycles. The van der Waals surface area contributed by atoms with Crippen molar-refractivity contribution in [2.24, 2.45) is 5.41 Å². The summed E-state index contributed by atoms with van der Waals surface area (Å²) < 4.78 is 1.95. The van der Waals surface area contributed by atoms with Crippen molar-refractivity contribution in [3.63, 3.8) is 0 Å². The second-order valence-electron chi connectivity index (χ2n) is 9.06. The number of piperazine rings is 1. The predicted octanol–water partition coefficient (Wildman–Crippen LogP) is 3.10. The minimum absolute atomic E-state index is 0.254. The maximum atomic E-state index is 9.50. The van der Waals surface area contributed by atoms with Crippen LogP contribution < -0.4 is 0 Å². The lowest BCUT2D eigenvalue weighted by molar-refractivity contribution is 0.0340. The van der Waals surface area contributed by atoms with Crippen LogP contribution >= 0.6 is 0 Å². The zero-order chi connectivity index (χ0) is 19.4. The maximum Gasteiger partial charge on any atom is 0.0645 e. The molecule has 2 heterocycles. The van der Waals surface area contributed by atoms with Crippen LogP contribution in [0.3, 0.4) is 0 Å². The van der Waals surface area contributed by atoms with Crippen LogP contribution in [0.2, 0.25) is 0 Å². The highest BCUT2D eigenvalue weighted by molar-refractivity contribution is 5.34. The number of nitrogens with zero attached hydrogens (tertiary/aromatic N) is 4. The molecule has 5 heteroatoms. The molecule has 1 aliphatic rings. The first-order valence-electron chi connectivity index (χ1n) is 10.0. The summed E-state index contributed by atoms with van der Waals surface area (Å²) in [5, 5.41) is 14.0. The fourth-order valence-electron chi connectivity index (χ4n) is 3.88. The van der Waals surface area contributed by atoms with E-state index in [9.17, 15) is 5.11 Å². The predicted molar refractivity (Wildman–Crippen MR) is 110 cm³/mol. The van der Waals surface area contributed by atoms with Gasteiger partial charge in [-0.1, -0.05) is 38.5 Å². The van der Waals surface area contributed by atoms with Gasteiger partial charge in [-0.25, -0.2) is 4.68 Å². The highest BCUT2D eigenvalue weighted by atomic mass is 16.3. The fraction of sp³-hybridized carbons (Fsp3) is 0.591. The molecule has 1 N–H and O–H groups in total. The lowest BCUT2D eigenvalue weighted by atomic mass is 9.94. The number of aromatic nitrogens is 2. The Kier molecular flexibility index (Phi) is 6.35. The lowest BCUT2D eigenvalue weighted by Crippen LogP contribution is -2.54. The van der Waals surface area contributed by atoms with Crippen LogP contribution in [0.25, 0.3) is 5.69 Å². The highest BCUT2D eigenvalue weighted by Gasteiger charge is 2.29. The van der Waals surface area contributed by atoms with E-state index in [0.29, 0.717) is 6.04 Å². The van der Waals surface area contributed by atoms with Crippen molar-refractivity contribution >= 4 is 0 Å². The molecule has 2 aromatic rings. The van der Waals surface area contributed by atoms with E-state index in [2.05, 4.69) is 73.1 Å². The molecule has 27 heavy (non-hydrogen) atoms. The number of aliphatic hydroxyl groups excluding tert-OH is 1. The molecule has 0 radical (unpaired) electrons. The topological polar surface area (TPSA) is 44.5 Å². The van der Waals surface area contributed by atoms with Crippen molar-refractivity contribution in [1.82, 2.24) is 19.6 Å². The van der Waals surface area contributed by atoms with Gasteiger partial charge in [0.2, 0.25) is 0 Å². The third kappa shape index (κ3) is 5.64. The maximum absolute atomic E-state index is 9.50. The van der Waals surface area contributed by atoms with Crippen LogP contribution in [0.1, 0.15) is 38.3 Å². The molecule has 1 atom stereocenters. The average Bonchev–Trinajstić information content (AvgIpc) is 3.05. The Bertz CT molecular complexity index is 717. The van der Waals surface area contributed by atoms with Crippen LogP contribution in [-0.4, -0.2) is 63.5 Å². The van der Waals surface area contributed by atoms with Crippen molar-refractivity contribution in [3.8, 4) is 5.69 Å². The van der Waals surface area contributed by atoms with Gasteiger partial charge in [0.15, 0.2) is 0 Å². The number of aliphatic hydroxyl groups is 1. The number of rotatable bonds is 6. The van der Waals surface area contributed by atoms with Crippen molar-refractivity contribution in [1.29, 1.82) is 0 Å². The van der Waals surface area contributed by atoms with Crippen molar-refractivity contribution in [2.45, 2.75) is 46.7 Å². The van der Waals surface area contributed by atoms with E-state index in [-0.39, 0.29) is 12.0 Å². The normalized spacial score (nSPS) is 19.5. The van der Waals surface area contributed by atoms with Crippen LogP contribution in [0.4, 0.5) is 0 Å². The Hall–Kier alpha value is -1.69. The van der Waals surface area contributed by atoms with E-state index in [1.165, 1.54) is 11.1 Å². The first-order valence-corrected chi connectivity index (χ1v) is 10.0. The number of hydrogen-bond acceptors (Lipinski definition) is 4. The molecule has 0 spiro atoms. The SMILES string of the molecule is Cc1ccc(-n2cc(CN3CCN(CC(C)(C)C)[C@@H](CCO)C3)cn2)cc1. The van der Waals surface area contributed by atoms with Gasteiger partial charge in [0, 0.05) is 57.1 Å². The molecule has 1 aliphatic heterocycles. The summed E-state index contributed by atoms with van der Waals surface area (Å²) in [5.74, 6) is 0. The second-order valence-corrected chi connectivity index (χ2v) is 9.06. The van der Waals surface area contributed by atoms with Gasteiger partial charge in [-0.15, -0.1) is 0 Å². The number of aryl methyl sites for hydroxylation is 1. The molecule has 0 unspecified atom stereocenters. The summed E-state index contributed by atoms with van der Waals surface area (Å²) in [4.78, 5) is 5.05. The first-order chi connectivity index (χ1) is 12.8. The summed E-state index contributed by atoms with van der Waals surface area (Å²) in [6.07, 6.45) is 4.95. The van der Waals surface area contributed by atoms with Gasteiger partial charge in [0.25, 0.3) is 0 Å². The molecular weight excluding hydrogens is 336 g/mol. The molecule has 0 aliphatic carbocycles. The lowest BCUT2D eigenvalue weighted by Gasteiger charge is -2.43. The van der Waals surface area contributed by atoms with E-state index < -0.39 is 0 Å². The van der Waals surface area contributed by atoms with Gasteiger partial charge in [-0.05, 0) is 30.9 Å². The Labute approximate surface area is 163 Å². The Morgan fingerprint density at radius 2 is 1.89 bits per heavy atom. The molecule has 148 valence electrons. The molecular formula is C22H34N4O. The van der Waals surface area contributed by atoms with Gasteiger partial charge in [-0.3, -0.25) is 9.80 Å². The summed E-state index contributed by atoms with van der Waals surface area (Å²) in [6.45, 7) is 14.3. The monoisotopic (exact) mass is 370 g/mol. The molecule has 5 nitrogen and oxygen atoms in total. The second kappa shape index (κ2) is 8.55. The van der Waals surface area contributed by atoms with Gasteiger partial charge < -0.3 is 5.11 Å². The zero-order valence-corrected chi connectivity index (χ0v) is 17.2. The molecule has 1 fully saturated rings. The molecule has 0 bridgehead atoms. The highest BCUT2D eigenvalue weighted by Crippen LogP contribution is 2.22.